The van der Waals surface area contributed by atoms with Crippen LogP contribution in [0.4, 0.5) is 0 Å². The van der Waals surface area contributed by atoms with Crippen molar-refractivity contribution in [2.24, 2.45) is 11.8 Å². The van der Waals surface area contributed by atoms with E-state index in [0.717, 1.165) is 0 Å². The van der Waals surface area contributed by atoms with E-state index in [4.69, 9.17) is 9.84 Å². The molecule has 6 heteroatoms. The highest BCUT2D eigenvalue weighted by molar-refractivity contribution is 5.89. The molecule has 1 rings (SSSR count). The lowest BCUT2D eigenvalue weighted by atomic mass is 10.2. The number of rotatable bonds is 5. The average Bonchev–Trinajstić information content (AvgIpc) is 3.02. The fourth-order valence-electron chi connectivity index (χ4n) is 1.79. The van der Waals surface area contributed by atoms with Gasteiger partial charge in [-0.05, 0) is 27.2 Å². The summed E-state index contributed by atoms with van der Waals surface area (Å²) in [6.07, 6.45) is 0.509. The van der Waals surface area contributed by atoms with Gasteiger partial charge in [0.15, 0.2) is 0 Å². The highest BCUT2D eigenvalue weighted by Crippen LogP contribution is 2.39. The van der Waals surface area contributed by atoms with E-state index < -0.39 is 23.4 Å². The van der Waals surface area contributed by atoms with E-state index >= 15 is 0 Å². The minimum Gasteiger partial charge on any atom is -0.481 e. The molecule has 6 nitrogen and oxygen atoms in total. The van der Waals surface area contributed by atoms with E-state index in [1.165, 1.54) is 4.90 Å². The van der Waals surface area contributed by atoms with Gasteiger partial charge in [-0.25, -0.2) is 0 Å². The molecule has 0 aliphatic heterocycles. The van der Waals surface area contributed by atoms with E-state index in [1.54, 1.807) is 27.8 Å². The Hall–Kier alpha value is -1.59. The third kappa shape index (κ3) is 4.89. The lowest BCUT2D eigenvalue weighted by Gasteiger charge is -2.21. The summed E-state index contributed by atoms with van der Waals surface area (Å²) >= 11 is 0. The summed E-state index contributed by atoms with van der Waals surface area (Å²) in [6, 6.07) is 0. The largest absolute Gasteiger partial charge is 0.481 e. The van der Waals surface area contributed by atoms with Gasteiger partial charge < -0.3 is 14.7 Å². The summed E-state index contributed by atoms with van der Waals surface area (Å²) in [4.78, 5) is 35.4. The van der Waals surface area contributed by atoms with Crippen LogP contribution in [0.2, 0.25) is 0 Å². The maximum Gasteiger partial charge on any atom is 0.308 e. The Bertz CT molecular complexity index is 385. The molecular formula is C13H21NO5. The minimum atomic E-state index is -0.932. The molecule has 2 unspecified atom stereocenters. The van der Waals surface area contributed by atoms with Crippen LogP contribution >= 0.6 is 0 Å². The first-order chi connectivity index (χ1) is 8.61. The second-order valence-electron chi connectivity index (χ2n) is 5.88. The van der Waals surface area contributed by atoms with Crippen molar-refractivity contribution in [3.05, 3.63) is 0 Å². The van der Waals surface area contributed by atoms with Crippen LogP contribution in [0.15, 0.2) is 0 Å². The minimum absolute atomic E-state index is 0.115. The molecule has 1 N–H and O–H groups in total. The van der Waals surface area contributed by atoms with Crippen LogP contribution < -0.4 is 0 Å². The van der Waals surface area contributed by atoms with E-state index in [0.29, 0.717) is 6.42 Å². The van der Waals surface area contributed by atoms with Crippen LogP contribution in [-0.2, 0) is 19.1 Å². The number of aliphatic carboxylic acids is 1. The van der Waals surface area contributed by atoms with Crippen LogP contribution in [0, 0.1) is 11.8 Å². The summed E-state index contributed by atoms with van der Waals surface area (Å²) in [7, 11) is 1.57. The number of nitrogens with zero attached hydrogens (tertiary/aromatic N) is 1. The summed E-state index contributed by atoms with van der Waals surface area (Å²) < 4.78 is 5.13. The molecule has 0 aromatic carbocycles. The lowest BCUT2D eigenvalue weighted by Crippen LogP contribution is -2.33. The van der Waals surface area contributed by atoms with Crippen LogP contribution in [0.25, 0.3) is 0 Å². The molecule has 0 aromatic rings. The second-order valence-corrected chi connectivity index (χ2v) is 5.88. The molecule has 19 heavy (non-hydrogen) atoms. The van der Waals surface area contributed by atoms with Gasteiger partial charge >= 0.3 is 11.9 Å². The Morgan fingerprint density at radius 1 is 1.26 bits per heavy atom. The summed E-state index contributed by atoms with van der Waals surface area (Å²) in [6.45, 7) is 5.58. The van der Waals surface area contributed by atoms with Crippen molar-refractivity contribution in [2.45, 2.75) is 39.2 Å². The molecule has 108 valence electrons. The molecule has 1 amide bonds. The number of hydrogen-bond donors (Lipinski definition) is 1. The van der Waals surface area contributed by atoms with Crippen molar-refractivity contribution >= 4 is 17.8 Å². The molecular weight excluding hydrogens is 250 g/mol. The number of carbonyl (C=O) groups is 3. The van der Waals surface area contributed by atoms with Crippen molar-refractivity contribution in [3.63, 3.8) is 0 Å². The first-order valence-electron chi connectivity index (χ1n) is 6.31. The lowest BCUT2D eigenvalue weighted by molar-refractivity contribution is -0.155. The highest BCUT2D eigenvalue weighted by atomic mass is 16.6. The Morgan fingerprint density at radius 2 is 1.84 bits per heavy atom. The van der Waals surface area contributed by atoms with Crippen LogP contribution in [0.5, 0.6) is 0 Å². The molecule has 0 aromatic heterocycles. The molecule has 0 spiro atoms. The van der Waals surface area contributed by atoms with Crippen molar-refractivity contribution in [1.29, 1.82) is 0 Å². The second kappa shape index (κ2) is 5.59. The van der Waals surface area contributed by atoms with Crippen LogP contribution in [-0.4, -0.2) is 47.0 Å². The van der Waals surface area contributed by atoms with E-state index in [9.17, 15) is 14.4 Å². The number of carboxylic acids is 1. The van der Waals surface area contributed by atoms with Gasteiger partial charge in [0, 0.05) is 13.6 Å². The van der Waals surface area contributed by atoms with E-state index in [1.807, 2.05) is 0 Å². The zero-order valence-corrected chi connectivity index (χ0v) is 11.8. The van der Waals surface area contributed by atoms with Gasteiger partial charge in [-0.15, -0.1) is 0 Å². The van der Waals surface area contributed by atoms with Crippen molar-refractivity contribution in [1.82, 2.24) is 4.90 Å². The molecule has 1 aliphatic rings. The Kier molecular flexibility index (Phi) is 4.55. The topological polar surface area (TPSA) is 83.9 Å². The fourth-order valence-corrected chi connectivity index (χ4v) is 1.79. The molecule has 1 aliphatic carbocycles. The number of esters is 1. The number of carbonyl (C=O) groups excluding carboxylic acids is 2. The first-order valence-corrected chi connectivity index (χ1v) is 6.31. The predicted octanol–water partition coefficient (Wildman–Crippen LogP) is 0.897. The molecule has 0 saturated heterocycles. The summed E-state index contributed by atoms with van der Waals surface area (Å²) in [5.74, 6) is -2.50. The van der Waals surface area contributed by atoms with E-state index in [2.05, 4.69) is 0 Å². The zero-order chi connectivity index (χ0) is 14.8. The Morgan fingerprint density at radius 3 is 2.26 bits per heavy atom. The Balaban J connectivity index is 2.32. The molecule has 0 radical (unpaired) electrons. The third-order valence-corrected chi connectivity index (χ3v) is 2.87. The highest BCUT2D eigenvalue weighted by Gasteiger charge is 2.49. The Labute approximate surface area is 112 Å². The molecule has 0 bridgehead atoms. The quantitative estimate of drug-likeness (QED) is 0.751. The van der Waals surface area contributed by atoms with Crippen molar-refractivity contribution in [3.8, 4) is 0 Å². The fraction of sp³-hybridized carbons (Fsp3) is 0.769. The third-order valence-electron chi connectivity index (χ3n) is 2.87. The summed E-state index contributed by atoms with van der Waals surface area (Å²) in [5.41, 5.74) is -0.537. The number of ether oxygens (including phenoxy) is 1. The molecule has 2 atom stereocenters. The van der Waals surface area contributed by atoms with Gasteiger partial charge in [0.05, 0.1) is 18.3 Å². The van der Waals surface area contributed by atoms with Crippen molar-refractivity contribution < 1.29 is 24.2 Å². The van der Waals surface area contributed by atoms with Crippen LogP contribution in [0.1, 0.15) is 33.6 Å². The smallest absolute Gasteiger partial charge is 0.308 e. The number of hydrogen-bond acceptors (Lipinski definition) is 4. The molecule has 1 saturated carbocycles. The van der Waals surface area contributed by atoms with Gasteiger partial charge in [0.2, 0.25) is 5.91 Å². The maximum absolute atomic E-state index is 11.8. The number of carboxylic acid groups (broad SMARTS) is 1. The normalized spacial score (nSPS) is 21.7. The predicted molar refractivity (Wildman–Crippen MR) is 67.3 cm³/mol. The van der Waals surface area contributed by atoms with Crippen molar-refractivity contribution in [2.75, 3.05) is 13.6 Å². The van der Waals surface area contributed by atoms with Gasteiger partial charge in [-0.1, -0.05) is 0 Å². The summed E-state index contributed by atoms with van der Waals surface area (Å²) in [5, 5.41) is 8.76. The van der Waals surface area contributed by atoms with Gasteiger partial charge in [-0.3, -0.25) is 14.4 Å². The van der Waals surface area contributed by atoms with E-state index in [-0.39, 0.29) is 24.8 Å². The SMILES string of the molecule is CN(CCC(=O)OC(C)(C)C)C(=O)C1CC1C(=O)O. The first kappa shape index (κ1) is 15.5. The number of amides is 1. The monoisotopic (exact) mass is 271 g/mol. The van der Waals surface area contributed by atoms with Gasteiger partial charge in [0.25, 0.3) is 0 Å². The van der Waals surface area contributed by atoms with Crippen LogP contribution in [0.3, 0.4) is 0 Å². The van der Waals surface area contributed by atoms with Gasteiger partial charge in [0.1, 0.15) is 5.60 Å². The zero-order valence-electron chi connectivity index (χ0n) is 11.8. The molecule has 1 fully saturated rings. The average molecular weight is 271 g/mol. The standard InChI is InChI=1S/C13H21NO5/c1-13(2,3)19-10(15)5-6-14(4)11(16)8-7-9(8)12(17)18/h8-9H,5-7H2,1-4H3,(H,17,18). The van der Waals surface area contributed by atoms with Gasteiger partial charge in [-0.2, -0.15) is 0 Å². The molecule has 0 heterocycles. The maximum atomic E-state index is 11.8.